The Labute approximate surface area is 73.5 Å². The first-order valence-corrected chi connectivity index (χ1v) is 3.88. The molecule has 2 heterocycles. The van der Waals surface area contributed by atoms with Crippen molar-refractivity contribution in [2.24, 2.45) is 0 Å². The van der Waals surface area contributed by atoms with Gasteiger partial charge in [-0.25, -0.2) is 9.50 Å². The summed E-state index contributed by atoms with van der Waals surface area (Å²) in [4.78, 5) is 4.08. The number of nitrogens with one attached hydrogen (secondary N) is 1. The van der Waals surface area contributed by atoms with Crippen molar-refractivity contribution in [1.29, 1.82) is 0 Å². The summed E-state index contributed by atoms with van der Waals surface area (Å²) in [6, 6.07) is 1.72. The van der Waals surface area contributed by atoms with Crippen LogP contribution in [-0.2, 0) is 6.61 Å². The molecule has 0 aliphatic heterocycles. The monoisotopic (exact) mass is 181 g/mol. The quantitative estimate of drug-likeness (QED) is 0.642. The molecule has 5 heteroatoms. The summed E-state index contributed by atoms with van der Waals surface area (Å²) < 4.78 is 2.31. The van der Waals surface area contributed by atoms with Crippen molar-refractivity contribution in [2.75, 3.05) is 0 Å². The van der Waals surface area contributed by atoms with Crippen molar-refractivity contribution in [3.05, 3.63) is 28.7 Å². The van der Waals surface area contributed by atoms with Gasteiger partial charge in [0.15, 0.2) is 5.65 Å². The van der Waals surface area contributed by atoms with Gasteiger partial charge in [0.1, 0.15) is 4.64 Å². The summed E-state index contributed by atoms with van der Waals surface area (Å²) in [7, 11) is 0. The van der Waals surface area contributed by atoms with Gasteiger partial charge >= 0.3 is 0 Å². The predicted octanol–water partition coefficient (Wildman–Crippen LogP) is 0.884. The number of aliphatic hydroxyl groups excluding tert-OH is 1. The fourth-order valence-electron chi connectivity index (χ4n) is 1.08. The fraction of sp³-hybridized carbons (Fsp3) is 0.143. The minimum atomic E-state index is -0.0290. The summed E-state index contributed by atoms with van der Waals surface area (Å²) in [5.74, 6) is 0. The summed E-state index contributed by atoms with van der Waals surface area (Å²) in [6.45, 7) is -0.0290. The third-order valence-corrected chi connectivity index (χ3v) is 1.99. The average Bonchev–Trinajstić information content (AvgIpc) is 2.49. The second-order valence-corrected chi connectivity index (χ2v) is 2.82. The Morgan fingerprint density at radius 3 is 3.25 bits per heavy atom. The zero-order valence-corrected chi connectivity index (χ0v) is 7.01. The Hall–Kier alpha value is -1.20. The fourth-order valence-corrected chi connectivity index (χ4v) is 1.28. The highest BCUT2D eigenvalue weighted by Gasteiger charge is 2.01. The highest BCUT2D eigenvalue weighted by molar-refractivity contribution is 7.71. The number of aliphatic hydroxyl groups is 1. The van der Waals surface area contributed by atoms with Crippen molar-refractivity contribution in [1.82, 2.24) is 14.6 Å². The van der Waals surface area contributed by atoms with Gasteiger partial charge in [0.25, 0.3) is 0 Å². The van der Waals surface area contributed by atoms with E-state index >= 15 is 0 Å². The molecule has 0 unspecified atom stereocenters. The number of aromatic amines is 1. The smallest absolute Gasteiger partial charge is 0.159 e. The van der Waals surface area contributed by atoms with Gasteiger partial charge in [-0.1, -0.05) is 12.2 Å². The topological polar surface area (TPSA) is 53.3 Å². The van der Waals surface area contributed by atoms with Crippen LogP contribution in [0.25, 0.3) is 5.65 Å². The third-order valence-electron chi connectivity index (χ3n) is 1.67. The Morgan fingerprint density at radius 2 is 2.50 bits per heavy atom. The van der Waals surface area contributed by atoms with Crippen molar-refractivity contribution in [3.8, 4) is 0 Å². The molecule has 62 valence electrons. The van der Waals surface area contributed by atoms with Gasteiger partial charge in [-0.2, -0.15) is 0 Å². The largest absolute Gasteiger partial charge is 0.391 e. The van der Waals surface area contributed by atoms with E-state index in [2.05, 4.69) is 10.1 Å². The van der Waals surface area contributed by atoms with Gasteiger partial charge in [-0.15, -0.1) is 0 Å². The molecule has 2 aromatic heterocycles. The number of hydrogen-bond donors (Lipinski definition) is 2. The van der Waals surface area contributed by atoms with Gasteiger partial charge in [-0.3, -0.25) is 5.10 Å². The molecule has 0 bridgehead atoms. The minimum absolute atomic E-state index is 0.0290. The summed E-state index contributed by atoms with van der Waals surface area (Å²) >= 11 is 5.03. The first-order chi connectivity index (χ1) is 5.83. The van der Waals surface area contributed by atoms with Crippen molar-refractivity contribution in [2.45, 2.75) is 6.61 Å². The summed E-state index contributed by atoms with van der Waals surface area (Å²) in [5.41, 5.74) is 1.44. The number of nitrogens with zero attached hydrogens (tertiary/aromatic N) is 2. The van der Waals surface area contributed by atoms with Gasteiger partial charge in [0.05, 0.1) is 6.61 Å². The summed E-state index contributed by atoms with van der Waals surface area (Å²) in [5, 5.41) is 11.8. The highest BCUT2D eigenvalue weighted by atomic mass is 32.1. The molecule has 0 aliphatic carbocycles. The molecule has 0 aliphatic rings. The molecule has 0 atom stereocenters. The SMILES string of the molecule is OCc1c[nH]n2c(=S)ccnc12. The molecule has 0 amide bonds. The van der Waals surface area contributed by atoms with E-state index in [1.54, 1.807) is 23.0 Å². The van der Waals surface area contributed by atoms with E-state index < -0.39 is 0 Å². The number of aromatic nitrogens is 3. The molecule has 0 saturated carbocycles. The van der Waals surface area contributed by atoms with E-state index in [-0.39, 0.29) is 6.61 Å². The minimum Gasteiger partial charge on any atom is -0.391 e. The van der Waals surface area contributed by atoms with Gasteiger partial charge in [-0.05, 0) is 6.07 Å². The van der Waals surface area contributed by atoms with Crippen LogP contribution in [0, 0.1) is 4.64 Å². The van der Waals surface area contributed by atoms with Crippen LogP contribution in [-0.4, -0.2) is 19.7 Å². The lowest BCUT2D eigenvalue weighted by Crippen LogP contribution is -1.91. The number of rotatable bonds is 1. The first kappa shape index (κ1) is 7.45. The van der Waals surface area contributed by atoms with Crippen LogP contribution in [0.3, 0.4) is 0 Å². The molecule has 12 heavy (non-hydrogen) atoms. The molecule has 2 aromatic rings. The van der Waals surface area contributed by atoms with E-state index in [0.29, 0.717) is 10.3 Å². The van der Waals surface area contributed by atoms with Crippen molar-refractivity contribution < 1.29 is 5.11 Å². The first-order valence-electron chi connectivity index (χ1n) is 3.48. The zero-order valence-electron chi connectivity index (χ0n) is 6.19. The molecule has 2 N–H and O–H groups in total. The molecule has 0 radical (unpaired) electrons. The molecule has 0 fully saturated rings. The highest BCUT2D eigenvalue weighted by Crippen LogP contribution is 2.06. The van der Waals surface area contributed by atoms with E-state index in [1.807, 2.05) is 0 Å². The standard InChI is InChI=1S/C7H7N3OS/c11-4-5-3-9-10-6(12)1-2-8-7(5)10/h1-3,9,11H,4H2. The molecule has 0 saturated heterocycles. The van der Waals surface area contributed by atoms with Crippen LogP contribution in [0.15, 0.2) is 18.5 Å². The molecule has 0 spiro atoms. The Morgan fingerprint density at radius 1 is 1.67 bits per heavy atom. The van der Waals surface area contributed by atoms with Crippen LogP contribution < -0.4 is 0 Å². The van der Waals surface area contributed by atoms with Gasteiger partial charge < -0.3 is 5.11 Å². The van der Waals surface area contributed by atoms with Crippen LogP contribution >= 0.6 is 12.2 Å². The number of H-pyrrole nitrogens is 1. The maximum Gasteiger partial charge on any atom is 0.159 e. The van der Waals surface area contributed by atoms with Crippen molar-refractivity contribution in [3.63, 3.8) is 0 Å². The second kappa shape index (κ2) is 2.69. The lowest BCUT2D eigenvalue weighted by molar-refractivity contribution is 0.283. The Bertz CT molecular complexity index is 459. The normalized spacial score (nSPS) is 10.8. The maximum absolute atomic E-state index is 8.91. The molecule has 0 aromatic carbocycles. The second-order valence-electron chi connectivity index (χ2n) is 2.40. The molecule has 2 rings (SSSR count). The number of hydrogen-bond acceptors (Lipinski definition) is 3. The molecular weight excluding hydrogens is 174 g/mol. The Kier molecular flexibility index (Phi) is 1.67. The van der Waals surface area contributed by atoms with E-state index in [0.717, 1.165) is 5.56 Å². The predicted molar refractivity (Wildman–Crippen MR) is 46.3 cm³/mol. The lowest BCUT2D eigenvalue weighted by Gasteiger charge is -1.92. The van der Waals surface area contributed by atoms with E-state index in [4.69, 9.17) is 17.3 Å². The van der Waals surface area contributed by atoms with Crippen LogP contribution in [0.5, 0.6) is 0 Å². The molecule has 4 nitrogen and oxygen atoms in total. The summed E-state index contributed by atoms with van der Waals surface area (Å²) in [6.07, 6.45) is 3.32. The maximum atomic E-state index is 8.91. The van der Waals surface area contributed by atoms with E-state index in [9.17, 15) is 0 Å². The third kappa shape index (κ3) is 0.945. The van der Waals surface area contributed by atoms with Crippen LogP contribution in [0.1, 0.15) is 5.56 Å². The van der Waals surface area contributed by atoms with Gasteiger partial charge in [0.2, 0.25) is 0 Å². The zero-order chi connectivity index (χ0) is 8.55. The van der Waals surface area contributed by atoms with Crippen LogP contribution in [0.4, 0.5) is 0 Å². The average molecular weight is 181 g/mol. The Balaban J connectivity index is 2.89. The molecular formula is C7H7N3OS. The van der Waals surface area contributed by atoms with E-state index in [1.165, 1.54) is 0 Å². The lowest BCUT2D eigenvalue weighted by atomic mass is 10.4. The van der Waals surface area contributed by atoms with Crippen LogP contribution in [0.2, 0.25) is 0 Å². The number of fused-ring (bicyclic) bond motifs is 1. The van der Waals surface area contributed by atoms with Crippen molar-refractivity contribution >= 4 is 17.9 Å². The van der Waals surface area contributed by atoms with Gasteiger partial charge in [0, 0.05) is 18.0 Å².